The molecule has 1 aliphatic heterocycles. The van der Waals surface area contributed by atoms with Crippen LogP contribution in [0.5, 0.6) is 0 Å². The van der Waals surface area contributed by atoms with Crippen LogP contribution in [0, 0.1) is 5.92 Å². The number of nitrogens with one attached hydrogen (secondary N) is 1. The smallest absolute Gasteiger partial charge is 0.169 e. The van der Waals surface area contributed by atoms with Crippen molar-refractivity contribution in [3.8, 4) is 0 Å². The van der Waals surface area contributed by atoms with E-state index in [1.807, 2.05) is 12.1 Å². The second-order valence-corrected chi connectivity index (χ2v) is 6.04. The average molecular weight is 284 g/mol. The lowest BCUT2D eigenvalue weighted by molar-refractivity contribution is 0.0292. The molecule has 0 amide bonds. The summed E-state index contributed by atoms with van der Waals surface area (Å²) in [6.45, 7) is 4.36. The molecule has 0 spiro atoms. The Balaban J connectivity index is 1.61. The number of carbonyl (C=O) groups is 1. The van der Waals surface area contributed by atoms with E-state index in [2.05, 4.69) is 22.0 Å². The number of para-hydroxylation sites is 1. The first kappa shape index (κ1) is 13.0. The molecule has 110 valence electrons. The van der Waals surface area contributed by atoms with Crippen molar-refractivity contribution in [2.45, 2.75) is 12.8 Å². The first-order valence-electron chi connectivity index (χ1n) is 7.77. The van der Waals surface area contributed by atoms with E-state index in [9.17, 15) is 4.79 Å². The Hall–Kier alpha value is -1.65. The minimum absolute atomic E-state index is 0.134. The van der Waals surface area contributed by atoms with Gasteiger partial charge >= 0.3 is 0 Å². The highest BCUT2D eigenvalue weighted by Crippen LogP contribution is 2.32. The van der Waals surface area contributed by atoms with Crippen LogP contribution in [0.2, 0.25) is 0 Å². The Bertz CT molecular complexity index is 670. The minimum atomic E-state index is 0.134. The summed E-state index contributed by atoms with van der Waals surface area (Å²) >= 11 is 0. The van der Waals surface area contributed by atoms with Crippen LogP contribution < -0.4 is 0 Å². The van der Waals surface area contributed by atoms with Gasteiger partial charge in [0, 0.05) is 47.7 Å². The standard InChI is InChI=1S/C17H20N2O2/c20-17-12(11-19-7-9-21-10-8-19)5-6-15-16(17)13-3-1-2-4-14(13)18-15/h1-4,12,18H,5-11H2. The summed E-state index contributed by atoms with van der Waals surface area (Å²) in [6.07, 6.45) is 1.93. The monoisotopic (exact) mass is 284 g/mol. The van der Waals surface area contributed by atoms with Crippen molar-refractivity contribution in [1.82, 2.24) is 9.88 Å². The molecule has 1 aromatic carbocycles. The molecular weight excluding hydrogens is 264 g/mol. The number of aromatic nitrogens is 1. The molecule has 1 fully saturated rings. The van der Waals surface area contributed by atoms with Crippen molar-refractivity contribution in [2.75, 3.05) is 32.8 Å². The average Bonchev–Trinajstić information content (AvgIpc) is 2.90. The lowest BCUT2D eigenvalue weighted by atomic mass is 9.84. The fourth-order valence-corrected chi connectivity index (χ4v) is 3.59. The molecule has 4 heteroatoms. The van der Waals surface area contributed by atoms with Crippen LogP contribution in [-0.4, -0.2) is 48.5 Å². The number of aryl methyl sites for hydroxylation is 1. The van der Waals surface area contributed by atoms with Crippen LogP contribution in [0.25, 0.3) is 10.9 Å². The molecule has 1 aromatic heterocycles. The Morgan fingerprint density at radius 1 is 1.24 bits per heavy atom. The van der Waals surface area contributed by atoms with Crippen molar-refractivity contribution in [3.63, 3.8) is 0 Å². The van der Waals surface area contributed by atoms with Crippen LogP contribution in [-0.2, 0) is 11.2 Å². The maximum atomic E-state index is 12.9. The van der Waals surface area contributed by atoms with Gasteiger partial charge in [-0.25, -0.2) is 0 Å². The van der Waals surface area contributed by atoms with E-state index < -0.39 is 0 Å². The highest BCUT2D eigenvalue weighted by molar-refractivity contribution is 6.11. The third-order valence-corrected chi connectivity index (χ3v) is 4.73. The van der Waals surface area contributed by atoms with Crippen molar-refractivity contribution in [2.24, 2.45) is 5.92 Å². The number of ketones is 1. The van der Waals surface area contributed by atoms with Gasteiger partial charge in [0.05, 0.1) is 13.2 Å². The normalized spacial score (nSPS) is 23.4. The number of benzene rings is 1. The number of Topliss-reactive ketones (excluding diaryl/α,β-unsaturated/α-hetero) is 1. The van der Waals surface area contributed by atoms with Crippen molar-refractivity contribution in [3.05, 3.63) is 35.5 Å². The molecule has 21 heavy (non-hydrogen) atoms. The summed E-state index contributed by atoms with van der Waals surface area (Å²) < 4.78 is 5.39. The van der Waals surface area contributed by atoms with Crippen molar-refractivity contribution >= 4 is 16.7 Å². The molecule has 1 atom stereocenters. The van der Waals surface area contributed by atoms with E-state index in [-0.39, 0.29) is 5.92 Å². The largest absolute Gasteiger partial charge is 0.379 e. The van der Waals surface area contributed by atoms with Crippen molar-refractivity contribution < 1.29 is 9.53 Å². The summed E-state index contributed by atoms with van der Waals surface area (Å²) in [5, 5.41) is 1.09. The number of aromatic amines is 1. The third kappa shape index (κ3) is 2.28. The maximum absolute atomic E-state index is 12.9. The molecule has 0 bridgehead atoms. The number of hydrogen-bond donors (Lipinski definition) is 1. The Labute approximate surface area is 124 Å². The summed E-state index contributed by atoms with van der Waals surface area (Å²) in [7, 11) is 0. The number of rotatable bonds is 2. The van der Waals surface area contributed by atoms with E-state index in [1.54, 1.807) is 0 Å². The number of fused-ring (bicyclic) bond motifs is 3. The zero-order valence-electron chi connectivity index (χ0n) is 12.1. The first-order valence-corrected chi connectivity index (χ1v) is 7.77. The van der Waals surface area contributed by atoms with E-state index >= 15 is 0 Å². The van der Waals surface area contributed by atoms with Gasteiger partial charge < -0.3 is 9.72 Å². The zero-order chi connectivity index (χ0) is 14.2. The molecule has 2 heterocycles. The second kappa shape index (κ2) is 5.28. The van der Waals surface area contributed by atoms with Gasteiger partial charge in [0.15, 0.2) is 5.78 Å². The Morgan fingerprint density at radius 3 is 2.90 bits per heavy atom. The van der Waals surface area contributed by atoms with E-state index in [4.69, 9.17) is 4.74 Å². The van der Waals surface area contributed by atoms with E-state index in [1.165, 1.54) is 0 Å². The number of nitrogens with zero attached hydrogens (tertiary/aromatic N) is 1. The molecule has 1 aliphatic carbocycles. The quantitative estimate of drug-likeness (QED) is 0.920. The van der Waals surface area contributed by atoms with E-state index in [0.29, 0.717) is 5.78 Å². The second-order valence-electron chi connectivity index (χ2n) is 6.04. The van der Waals surface area contributed by atoms with Crippen molar-refractivity contribution in [1.29, 1.82) is 0 Å². The fourth-order valence-electron chi connectivity index (χ4n) is 3.59. The lowest BCUT2D eigenvalue weighted by Gasteiger charge is -2.31. The van der Waals surface area contributed by atoms with Gasteiger partial charge in [-0.15, -0.1) is 0 Å². The van der Waals surface area contributed by atoms with Gasteiger partial charge in [-0.2, -0.15) is 0 Å². The third-order valence-electron chi connectivity index (χ3n) is 4.73. The fraction of sp³-hybridized carbons (Fsp3) is 0.471. The number of morpholine rings is 1. The van der Waals surface area contributed by atoms with Crippen LogP contribution >= 0.6 is 0 Å². The number of hydrogen-bond acceptors (Lipinski definition) is 3. The summed E-state index contributed by atoms with van der Waals surface area (Å²) in [6, 6.07) is 8.13. The molecular formula is C17H20N2O2. The molecule has 0 radical (unpaired) electrons. The van der Waals surface area contributed by atoms with Crippen LogP contribution in [0.4, 0.5) is 0 Å². The lowest BCUT2D eigenvalue weighted by Crippen LogP contribution is -2.42. The number of carbonyl (C=O) groups excluding carboxylic acids is 1. The molecule has 2 aromatic rings. The van der Waals surface area contributed by atoms with Crippen LogP contribution in [0.15, 0.2) is 24.3 Å². The maximum Gasteiger partial charge on any atom is 0.169 e. The first-order chi connectivity index (χ1) is 10.3. The molecule has 4 rings (SSSR count). The van der Waals surface area contributed by atoms with Gasteiger partial charge in [0.1, 0.15) is 0 Å². The molecule has 2 aliphatic rings. The van der Waals surface area contributed by atoms with Gasteiger partial charge in [0.25, 0.3) is 0 Å². The summed E-state index contributed by atoms with van der Waals surface area (Å²) in [5.74, 6) is 0.454. The Kier molecular flexibility index (Phi) is 3.28. The Morgan fingerprint density at radius 2 is 2.05 bits per heavy atom. The van der Waals surface area contributed by atoms with Gasteiger partial charge in [0.2, 0.25) is 0 Å². The number of H-pyrrole nitrogens is 1. The molecule has 1 unspecified atom stereocenters. The highest BCUT2D eigenvalue weighted by atomic mass is 16.5. The van der Waals surface area contributed by atoms with Gasteiger partial charge in [-0.05, 0) is 18.9 Å². The van der Waals surface area contributed by atoms with E-state index in [0.717, 1.165) is 67.8 Å². The predicted octanol–water partition coefficient (Wildman–Crippen LogP) is 2.25. The highest BCUT2D eigenvalue weighted by Gasteiger charge is 2.31. The molecule has 4 nitrogen and oxygen atoms in total. The van der Waals surface area contributed by atoms with Gasteiger partial charge in [-0.1, -0.05) is 18.2 Å². The molecule has 0 saturated carbocycles. The topological polar surface area (TPSA) is 45.3 Å². The zero-order valence-corrected chi connectivity index (χ0v) is 12.1. The predicted molar refractivity (Wildman–Crippen MR) is 81.7 cm³/mol. The molecule has 1 N–H and O–H groups in total. The minimum Gasteiger partial charge on any atom is -0.379 e. The SMILES string of the molecule is O=C1c2c([nH]c3ccccc23)CCC1CN1CCOCC1. The summed E-state index contributed by atoms with van der Waals surface area (Å²) in [4.78, 5) is 18.7. The molecule has 1 saturated heterocycles. The number of ether oxygens (including phenoxy) is 1. The summed E-state index contributed by atoms with van der Waals surface area (Å²) in [5.41, 5.74) is 3.15. The van der Waals surface area contributed by atoms with Crippen LogP contribution in [0.1, 0.15) is 22.5 Å². The van der Waals surface area contributed by atoms with Gasteiger partial charge in [-0.3, -0.25) is 9.69 Å². The van der Waals surface area contributed by atoms with Crippen LogP contribution in [0.3, 0.4) is 0 Å².